The van der Waals surface area contributed by atoms with Gasteiger partial charge in [-0.15, -0.1) is 0 Å². The Hall–Kier alpha value is -3.35. The normalized spacial score (nSPS) is 13.9. The summed E-state index contributed by atoms with van der Waals surface area (Å²) in [5.74, 6) is -0.353. The molecule has 140 valence electrons. The molecule has 6 nitrogen and oxygen atoms in total. The van der Waals surface area contributed by atoms with Gasteiger partial charge in [0.15, 0.2) is 17.6 Å². The van der Waals surface area contributed by atoms with Crippen molar-refractivity contribution in [1.29, 1.82) is 0 Å². The van der Waals surface area contributed by atoms with Gasteiger partial charge in [-0.2, -0.15) is 0 Å². The van der Waals surface area contributed by atoms with Gasteiger partial charge in [-0.1, -0.05) is 12.1 Å². The molecule has 1 aliphatic heterocycles. The third-order valence-electron chi connectivity index (χ3n) is 3.75. The molecular formula is C20H18FNO5. The van der Waals surface area contributed by atoms with Crippen LogP contribution in [0.4, 0.5) is 10.1 Å². The number of fused-ring (bicyclic) bond motifs is 1. The van der Waals surface area contributed by atoms with E-state index in [0.717, 1.165) is 0 Å². The number of benzene rings is 2. The topological polar surface area (TPSA) is 73.9 Å². The molecule has 0 radical (unpaired) electrons. The zero-order chi connectivity index (χ0) is 19.2. The predicted molar refractivity (Wildman–Crippen MR) is 97.0 cm³/mol. The summed E-state index contributed by atoms with van der Waals surface area (Å²) in [6.45, 7) is 2.40. The lowest BCUT2D eigenvalue weighted by Gasteiger charge is -2.19. The van der Waals surface area contributed by atoms with E-state index in [1.165, 1.54) is 43.3 Å². The second-order valence-corrected chi connectivity index (χ2v) is 5.81. The van der Waals surface area contributed by atoms with Crippen LogP contribution in [0.2, 0.25) is 0 Å². The molecule has 1 N–H and O–H groups in total. The number of anilines is 1. The summed E-state index contributed by atoms with van der Waals surface area (Å²) in [5.41, 5.74) is 1.15. The van der Waals surface area contributed by atoms with E-state index in [0.29, 0.717) is 36.0 Å². The molecule has 0 aromatic heterocycles. The number of halogens is 1. The molecule has 0 fully saturated rings. The van der Waals surface area contributed by atoms with E-state index in [9.17, 15) is 14.0 Å². The fraction of sp³-hybridized carbons (Fsp3) is 0.200. The van der Waals surface area contributed by atoms with Crippen LogP contribution >= 0.6 is 0 Å². The predicted octanol–water partition coefficient (Wildman–Crippen LogP) is 3.18. The van der Waals surface area contributed by atoms with Crippen molar-refractivity contribution < 1.29 is 28.2 Å². The Kier molecular flexibility index (Phi) is 5.71. The average molecular weight is 371 g/mol. The molecule has 2 aromatic rings. The van der Waals surface area contributed by atoms with Crippen LogP contribution in [0, 0.1) is 5.82 Å². The van der Waals surface area contributed by atoms with E-state index in [4.69, 9.17) is 14.2 Å². The first kappa shape index (κ1) is 18.4. The van der Waals surface area contributed by atoms with Crippen molar-refractivity contribution in [2.45, 2.75) is 13.0 Å². The minimum absolute atomic E-state index is 0.362. The van der Waals surface area contributed by atoms with Gasteiger partial charge in [0.05, 0.1) is 0 Å². The van der Waals surface area contributed by atoms with Crippen molar-refractivity contribution in [2.75, 3.05) is 18.5 Å². The maximum atomic E-state index is 12.8. The lowest BCUT2D eigenvalue weighted by molar-refractivity contribution is -0.148. The highest BCUT2D eigenvalue weighted by Crippen LogP contribution is 2.32. The van der Waals surface area contributed by atoms with Crippen LogP contribution in [0.15, 0.2) is 48.5 Å². The van der Waals surface area contributed by atoms with Crippen molar-refractivity contribution in [1.82, 2.24) is 0 Å². The van der Waals surface area contributed by atoms with E-state index >= 15 is 0 Å². The Labute approximate surface area is 155 Å². The average Bonchev–Trinajstić information content (AvgIpc) is 2.67. The van der Waals surface area contributed by atoms with E-state index in [2.05, 4.69) is 5.32 Å². The number of nitrogens with one attached hydrogen (secondary N) is 1. The smallest absolute Gasteiger partial charge is 0.331 e. The Bertz CT molecular complexity index is 863. The lowest BCUT2D eigenvalue weighted by Crippen LogP contribution is -2.29. The number of rotatable bonds is 5. The highest BCUT2D eigenvalue weighted by molar-refractivity contribution is 5.96. The molecule has 0 aliphatic carbocycles. The van der Waals surface area contributed by atoms with Crippen LogP contribution in [-0.2, 0) is 14.3 Å². The number of esters is 1. The van der Waals surface area contributed by atoms with Crippen LogP contribution in [0.25, 0.3) is 6.08 Å². The van der Waals surface area contributed by atoms with Crippen molar-refractivity contribution in [2.24, 2.45) is 0 Å². The van der Waals surface area contributed by atoms with Crippen LogP contribution in [0.3, 0.4) is 0 Å². The van der Waals surface area contributed by atoms with Crippen LogP contribution in [-0.4, -0.2) is 31.2 Å². The maximum absolute atomic E-state index is 12.8. The SMILES string of the molecule is C[C@H](OC(=O)C=Cc1ccc(F)cc1)C(=O)Nc1ccc2c(c1)OCCO2. The maximum Gasteiger partial charge on any atom is 0.331 e. The zero-order valence-electron chi connectivity index (χ0n) is 14.6. The molecule has 0 saturated carbocycles. The number of carbonyl (C=O) groups excluding carboxylic acids is 2. The highest BCUT2D eigenvalue weighted by atomic mass is 19.1. The quantitative estimate of drug-likeness (QED) is 0.646. The van der Waals surface area contributed by atoms with Crippen molar-refractivity contribution >= 4 is 23.6 Å². The van der Waals surface area contributed by atoms with Crippen LogP contribution in [0.5, 0.6) is 11.5 Å². The number of hydrogen-bond donors (Lipinski definition) is 1. The molecule has 1 aliphatic rings. The van der Waals surface area contributed by atoms with E-state index in [1.54, 1.807) is 18.2 Å². The molecule has 0 saturated heterocycles. The monoisotopic (exact) mass is 371 g/mol. The zero-order valence-corrected chi connectivity index (χ0v) is 14.6. The first-order chi connectivity index (χ1) is 13.0. The van der Waals surface area contributed by atoms with Gasteiger partial charge in [-0.3, -0.25) is 4.79 Å². The minimum Gasteiger partial charge on any atom is -0.486 e. The highest BCUT2D eigenvalue weighted by Gasteiger charge is 2.18. The lowest BCUT2D eigenvalue weighted by atomic mass is 10.2. The number of ether oxygens (including phenoxy) is 3. The number of amides is 1. The standard InChI is InChI=1S/C20H18FNO5/c1-13(27-19(23)9-4-14-2-5-15(21)6-3-14)20(24)22-16-7-8-17-18(12-16)26-11-10-25-17/h2-9,12-13H,10-11H2,1H3,(H,22,24)/t13-/m0/s1. The third kappa shape index (κ3) is 5.07. The molecule has 27 heavy (non-hydrogen) atoms. The van der Waals surface area contributed by atoms with Gasteiger partial charge in [0.1, 0.15) is 19.0 Å². The number of hydrogen-bond acceptors (Lipinski definition) is 5. The van der Waals surface area contributed by atoms with Crippen molar-refractivity contribution in [3.8, 4) is 11.5 Å². The molecule has 7 heteroatoms. The van der Waals surface area contributed by atoms with E-state index in [-0.39, 0.29) is 5.82 Å². The second-order valence-electron chi connectivity index (χ2n) is 5.81. The molecule has 1 amide bonds. The van der Waals surface area contributed by atoms with E-state index < -0.39 is 18.0 Å². The minimum atomic E-state index is -0.997. The van der Waals surface area contributed by atoms with Gasteiger partial charge in [0, 0.05) is 17.8 Å². The summed E-state index contributed by atoms with van der Waals surface area (Å²) in [6.07, 6.45) is 1.66. The largest absolute Gasteiger partial charge is 0.486 e. The molecule has 0 spiro atoms. The summed E-state index contributed by atoms with van der Waals surface area (Å²) in [4.78, 5) is 24.0. The Morgan fingerprint density at radius 1 is 1.11 bits per heavy atom. The summed E-state index contributed by atoms with van der Waals surface area (Å²) >= 11 is 0. The Morgan fingerprint density at radius 2 is 1.81 bits per heavy atom. The summed E-state index contributed by atoms with van der Waals surface area (Å²) < 4.78 is 28.8. The molecule has 0 bridgehead atoms. The van der Waals surface area contributed by atoms with Crippen LogP contribution < -0.4 is 14.8 Å². The fourth-order valence-corrected chi connectivity index (χ4v) is 2.37. The molecule has 2 aromatic carbocycles. The fourth-order valence-electron chi connectivity index (χ4n) is 2.37. The van der Waals surface area contributed by atoms with Gasteiger partial charge in [-0.05, 0) is 42.8 Å². The third-order valence-corrected chi connectivity index (χ3v) is 3.75. The van der Waals surface area contributed by atoms with Gasteiger partial charge >= 0.3 is 5.97 Å². The summed E-state index contributed by atoms with van der Waals surface area (Å²) in [6, 6.07) is 10.6. The van der Waals surface area contributed by atoms with Crippen molar-refractivity contribution in [3.05, 3.63) is 59.9 Å². The summed E-state index contributed by atoms with van der Waals surface area (Å²) in [5, 5.41) is 2.66. The second kappa shape index (κ2) is 8.35. The van der Waals surface area contributed by atoms with Gasteiger partial charge in [0.25, 0.3) is 5.91 Å². The van der Waals surface area contributed by atoms with Gasteiger partial charge in [0.2, 0.25) is 0 Å². The molecule has 1 heterocycles. The van der Waals surface area contributed by atoms with Gasteiger partial charge < -0.3 is 19.5 Å². The molecule has 0 unspecified atom stereocenters. The van der Waals surface area contributed by atoms with Crippen LogP contribution in [0.1, 0.15) is 12.5 Å². The molecule has 3 rings (SSSR count). The first-order valence-corrected chi connectivity index (χ1v) is 8.36. The van der Waals surface area contributed by atoms with E-state index in [1.807, 2.05) is 0 Å². The number of carbonyl (C=O) groups is 2. The van der Waals surface area contributed by atoms with Crippen molar-refractivity contribution in [3.63, 3.8) is 0 Å². The summed E-state index contributed by atoms with van der Waals surface area (Å²) in [7, 11) is 0. The Balaban J connectivity index is 1.54. The molecule has 1 atom stereocenters. The van der Waals surface area contributed by atoms with Gasteiger partial charge in [-0.25, -0.2) is 9.18 Å². The Morgan fingerprint density at radius 3 is 2.56 bits per heavy atom. The molecular weight excluding hydrogens is 353 g/mol. The first-order valence-electron chi connectivity index (χ1n) is 8.36.